The van der Waals surface area contributed by atoms with Crippen LogP contribution in [0.15, 0.2) is 54.6 Å². The van der Waals surface area contributed by atoms with Crippen molar-refractivity contribution in [2.24, 2.45) is 0 Å². The zero-order chi connectivity index (χ0) is 16.2. The number of phenols is 1. The third-order valence-electron chi connectivity index (χ3n) is 2.73. The van der Waals surface area contributed by atoms with Crippen molar-refractivity contribution in [2.75, 3.05) is 0 Å². The lowest BCUT2D eigenvalue weighted by Crippen LogP contribution is -2.17. The molecule has 0 radical (unpaired) electrons. The summed E-state index contributed by atoms with van der Waals surface area (Å²) < 4.78 is 40.8. The predicted octanol–water partition coefficient (Wildman–Crippen LogP) is 4.19. The average molecular weight is 308 g/mol. The van der Waals surface area contributed by atoms with Gasteiger partial charge in [0.25, 0.3) is 0 Å². The van der Waals surface area contributed by atoms with Gasteiger partial charge in [0.15, 0.2) is 5.78 Å². The molecule has 114 valence electrons. The number of halogens is 3. The minimum atomic E-state index is -4.81. The number of allylic oxidation sites excluding steroid dienone is 1. The van der Waals surface area contributed by atoms with Crippen molar-refractivity contribution >= 4 is 11.9 Å². The van der Waals surface area contributed by atoms with Crippen LogP contribution in [0.25, 0.3) is 6.08 Å². The second-order valence-corrected chi connectivity index (χ2v) is 4.30. The fraction of sp³-hybridized carbons (Fsp3) is 0.0625. The largest absolute Gasteiger partial charge is 0.573 e. The van der Waals surface area contributed by atoms with Gasteiger partial charge in [-0.05, 0) is 30.4 Å². The van der Waals surface area contributed by atoms with Crippen LogP contribution in [-0.2, 0) is 0 Å². The van der Waals surface area contributed by atoms with Crippen molar-refractivity contribution in [3.63, 3.8) is 0 Å². The monoisotopic (exact) mass is 308 g/mol. The van der Waals surface area contributed by atoms with Crippen LogP contribution >= 0.6 is 0 Å². The summed E-state index contributed by atoms with van der Waals surface area (Å²) in [7, 11) is 0. The minimum Gasteiger partial charge on any atom is -0.507 e. The first kappa shape index (κ1) is 15.6. The highest BCUT2D eigenvalue weighted by molar-refractivity contribution is 6.08. The molecule has 3 nitrogen and oxygen atoms in total. The van der Waals surface area contributed by atoms with Crippen LogP contribution in [0.2, 0.25) is 0 Å². The van der Waals surface area contributed by atoms with Crippen LogP contribution in [0, 0.1) is 0 Å². The summed E-state index contributed by atoms with van der Waals surface area (Å²) in [5, 5.41) is 9.56. The SMILES string of the molecule is O=C(C=Cc1ccccc1OC(F)(F)F)c1ccccc1O. The molecule has 2 rings (SSSR count). The van der Waals surface area contributed by atoms with E-state index in [1.807, 2.05) is 0 Å². The predicted molar refractivity (Wildman–Crippen MR) is 74.6 cm³/mol. The Balaban J connectivity index is 2.24. The number of carbonyl (C=O) groups is 1. The van der Waals surface area contributed by atoms with Crippen LogP contribution in [0.1, 0.15) is 15.9 Å². The number of rotatable bonds is 4. The Morgan fingerprint density at radius 1 is 1.05 bits per heavy atom. The fourth-order valence-corrected chi connectivity index (χ4v) is 1.77. The van der Waals surface area contributed by atoms with Gasteiger partial charge in [-0.2, -0.15) is 0 Å². The molecular formula is C16H11F3O3. The van der Waals surface area contributed by atoms with Crippen molar-refractivity contribution in [1.29, 1.82) is 0 Å². The molecule has 0 saturated carbocycles. The van der Waals surface area contributed by atoms with E-state index in [2.05, 4.69) is 4.74 Å². The standard InChI is InChI=1S/C16H11F3O3/c17-16(18,19)22-15-8-4-1-5-11(15)9-10-14(21)12-6-2-3-7-13(12)20/h1-10,20H. The van der Waals surface area contributed by atoms with Gasteiger partial charge in [0.05, 0.1) is 5.56 Å². The first-order chi connectivity index (χ1) is 10.4. The highest BCUT2D eigenvalue weighted by Crippen LogP contribution is 2.27. The highest BCUT2D eigenvalue weighted by Gasteiger charge is 2.31. The van der Waals surface area contributed by atoms with Gasteiger partial charge in [-0.15, -0.1) is 13.2 Å². The lowest BCUT2D eigenvalue weighted by molar-refractivity contribution is -0.274. The van der Waals surface area contributed by atoms with Crippen LogP contribution in [0.4, 0.5) is 13.2 Å². The van der Waals surface area contributed by atoms with Gasteiger partial charge < -0.3 is 9.84 Å². The molecule has 0 saturated heterocycles. The molecule has 6 heteroatoms. The van der Waals surface area contributed by atoms with Gasteiger partial charge in [0, 0.05) is 5.56 Å². The smallest absolute Gasteiger partial charge is 0.507 e. The van der Waals surface area contributed by atoms with Crippen molar-refractivity contribution in [2.45, 2.75) is 6.36 Å². The number of phenolic OH excluding ortho intramolecular Hbond substituents is 1. The molecule has 2 aromatic rings. The van der Waals surface area contributed by atoms with E-state index in [1.54, 1.807) is 12.1 Å². The maximum atomic E-state index is 12.3. The number of carbonyl (C=O) groups excluding carboxylic acids is 1. The molecule has 0 bridgehead atoms. The van der Waals surface area contributed by atoms with E-state index >= 15 is 0 Å². The molecule has 0 aliphatic rings. The second-order valence-electron chi connectivity index (χ2n) is 4.30. The van der Waals surface area contributed by atoms with E-state index < -0.39 is 17.9 Å². The summed E-state index contributed by atoms with van der Waals surface area (Å²) in [5.41, 5.74) is 0.163. The Morgan fingerprint density at radius 3 is 2.36 bits per heavy atom. The molecule has 0 aliphatic heterocycles. The van der Waals surface area contributed by atoms with Gasteiger partial charge in [-0.3, -0.25) is 4.79 Å². The zero-order valence-corrected chi connectivity index (χ0v) is 11.2. The maximum absolute atomic E-state index is 12.3. The Labute approximate surface area is 124 Å². The van der Waals surface area contributed by atoms with Crippen LogP contribution in [0.3, 0.4) is 0 Å². The quantitative estimate of drug-likeness (QED) is 0.680. The summed E-state index contributed by atoms with van der Waals surface area (Å²) >= 11 is 0. The van der Waals surface area contributed by atoms with Crippen LogP contribution < -0.4 is 4.74 Å². The lowest BCUT2D eigenvalue weighted by Gasteiger charge is -2.10. The highest BCUT2D eigenvalue weighted by atomic mass is 19.4. The lowest BCUT2D eigenvalue weighted by atomic mass is 10.1. The van der Waals surface area contributed by atoms with E-state index in [-0.39, 0.29) is 16.9 Å². The Hall–Kier alpha value is -2.76. The summed E-state index contributed by atoms with van der Waals surface area (Å²) in [6.07, 6.45) is -2.53. The first-order valence-electron chi connectivity index (χ1n) is 6.22. The molecule has 0 atom stereocenters. The summed E-state index contributed by atoms with van der Waals surface area (Å²) in [5.74, 6) is -1.13. The van der Waals surface area contributed by atoms with Gasteiger partial charge in [0.1, 0.15) is 11.5 Å². The molecule has 0 amide bonds. The number of para-hydroxylation sites is 2. The maximum Gasteiger partial charge on any atom is 0.573 e. The van der Waals surface area contributed by atoms with Crippen molar-refractivity contribution in [1.82, 2.24) is 0 Å². The number of benzene rings is 2. The Morgan fingerprint density at radius 2 is 1.68 bits per heavy atom. The Bertz CT molecular complexity index is 706. The van der Waals surface area contributed by atoms with Gasteiger partial charge in [-0.25, -0.2) is 0 Å². The summed E-state index contributed by atoms with van der Waals surface area (Å²) in [4.78, 5) is 11.9. The molecule has 0 unspecified atom stereocenters. The van der Waals surface area contributed by atoms with Crippen molar-refractivity contribution < 1.29 is 27.8 Å². The average Bonchev–Trinajstić information content (AvgIpc) is 2.45. The number of aromatic hydroxyl groups is 1. The third kappa shape index (κ3) is 4.12. The fourth-order valence-electron chi connectivity index (χ4n) is 1.77. The zero-order valence-electron chi connectivity index (χ0n) is 11.2. The number of ether oxygens (including phenoxy) is 1. The molecule has 0 aromatic heterocycles. The van der Waals surface area contributed by atoms with Crippen LogP contribution in [-0.4, -0.2) is 17.3 Å². The second kappa shape index (κ2) is 6.34. The van der Waals surface area contributed by atoms with Gasteiger partial charge in [-0.1, -0.05) is 30.3 Å². The van der Waals surface area contributed by atoms with E-state index in [4.69, 9.17) is 0 Å². The molecule has 0 fully saturated rings. The topological polar surface area (TPSA) is 46.5 Å². The number of hydrogen-bond acceptors (Lipinski definition) is 3. The molecule has 0 aliphatic carbocycles. The number of hydrogen-bond donors (Lipinski definition) is 1. The summed E-state index contributed by atoms with van der Waals surface area (Å²) in [6.45, 7) is 0. The molecule has 0 spiro atoms. The molecule has 1 N–H and O–H groups in total. The van der Waals surface area contributed by atoms with E-state index in [1.165, 1.54) is 36.4 Å². The minimum absolute atomic E-state index is 0.0629. The molecule has 0 heterocycles. The van der Waals surface area contributed by atoms with E-state index in [0.29, 0.717) is 0 Å². The number of ketones is 1. The third-order valence-corrected chi connectivity index (χ3v) is 2.73. The van der Waals surface area contributed by atoms with Gasteiger partial charge >= 0.3 is 6.36 Å². The van der Waals surface area contributed by atoms with Crippen molar-refractivity contribution in [3.8, 4) is 11.5 Å². The van der Waals surface area contributed by atoms with Crippen LogP contribution in [0.5, 0.6) is 11.5 Å². The first-order valence-corrected chi connectivity index (χ1v) is 6.22. The van der Waals surface area contributed by atoms with E-state index in [9.17, 15) is 23.1 Å². The summed E-state index contributed by atoms with van der Waals surface area (Å²) in [6, 6.07) is 11.3. The van der Waals surface area contributed by atoms with Crippen molar-refractivity contribution in [3.05, 3.63) is 65.7 Å². The number of alkyl halides is 3. The molecule has 22 heavy (non-hydrogen) atoms. The molecular weight excluding hydrogens is 297 g/mol. The molecule has 2 aromatic carbocycles. The Kier molecular flexibility index (Phi) is 4.50. The normalized spacial score (nSPS) is 11.6. The van der Waals surface area contributed by atoms with E-state index in [0.717, 1.165) is 12.1 Å². The van der Waals surface area contributed by atoms with Gasteiger partial charge in [0.2, 0.25) is 0 Å².